The molecule has 4 aromatic rings. The number of hydrogen-bond acceptors (Lipinski definition) is 3. The van der Waals surface area contributed by atoms with Crippen LogP contribution in [0.25, 0.3) is 32.9 Å². The van der Waals surface area contributed by atoms with Crippen LogP contribution in [0.5, 0.6) is 5.75 Å². The molecule has 1 amide bonds. The third-order valence-corrected chi connectivity index (χ3v) is 5.21. The van der Waals surface area contributed by atoms with Gasteiger partial charge in [0.2, 0.25) is 16.9 Å². The lowest BCUT2D eigenvalue weighted by Crippen LogP contribution is -2.30. The minimum atomic E-state index is -0.124. The summed E-state index contributed by atoms with van der Waals surface area (Å²) in [5, 5.41) is 5.20. The van der Waals surface area contributed by atoms with Crippen LogP contribution in [-0.4, -0.2) is 19.6 Å². The Balaban J connectivity index is 1.94. The summed E-state index contributed by atoms with van der Waals surface area (Å²) in [5.41, 5.74) is 10.6. The highest BCUT2D eigenvalue weighted by Crippen LogP contribution is 2.37. The molecule has 3 N–H and O–H groups in total. The van der Waals surface area contributed by atoms with E-state index in [1.54, 1.807) is 7.11 Å². The number of para-hydroxylation sites is 2. The molecular weight excluding hydrogens is 362 g/mol. The topological polar surface area (TPSA) is 68.2 Å². The van der Waals surface area contributed by atoms with Crippen LogP contribution in [0.1, 0.15) is 6.42 Å². The van der Waals surface area contributed by atoms with Crippen molar-refractivity contribution >= 4 is 33.4 Å². The zero-order valence-corrected chi connectivity index (χ0v) is 16.6. The number of nitrogens with zero attached hydrogens (tertiary/aromatic N) is 1. The van der Waals surface area contributed by atoms with Gasteiger partial charge in [-0.1, -0.05) is 30.3 Å². The Morgan fingerprint density at radius 1 is 1.00 bits per heavy atom. The van der Waals surface area contributed by atoms with Crippen molar-refractivity contribution in [1.29, 1.82) is 0 Å². The molecule has 0 fully saturated rings. The Morgan fingerprint density at radius 2 is 1.62 bits per heavy atom. The standard InChI is InChI=1S/C24H23N3O2/c1-27-20-9-5-3-7-17(20)24(18-8-4-6-10-21(18)27)16-11-12-19(22(15-16)29-2)26-23(28)13-14-25/h3-12,15H,13-14,25H2,1-2H3/p+1. The first kappa shape index (κ1) is 18.9. The summed E-state index contributed by atoms with van der Waals surface area (Å²) in [6.45, 7) is 0.311. The zero-order valence-electron chi connectivity index (χ0n) is 16.6. The quantitative estimate of drug-likeness (QED) is 0.405. The Morgan fingerprint density at radius 3 is 2.21 bits per heavy atom. The maximum atomic E-state index is 12.0. The predicted molar refractivity (Wildman–Crippen MR) is 117 cm³/mol. The van der Waals surface area contributed by atoms with Crippen molar-refractivity contribution in [2.75, 3.05) is 19.0 Å². The van der Waals surface area contributed by atoms with Crippen LogP contribution in [0.3, 0.4) is 0 Å². The number of anilines is 1. The van der Waals surface area contributed by atoms with Gasteiger partial charge < -0.3 is 15.8 Å². The predicted octanol–water partition coefficient (Wildman–Crippen LogP) is 3.78. The molecule has 0 aliphatic rings. The third-order valence-electron chi connectivity index (χ3n) is 5.21. The number of amides is 1. The van der Waals surface area contributed by atoms with Gasteiger partial charge in [0, 0.05) is 30.7 Å². The minimum Gasteiger partial charge on any atom is -0.495 e. The number of carbonyl (C=O) groups is 1. The summed E-state index contributed by atoms with van der Waals surface area (Å²) >= 11 is 0. The van der Waals surface area contributed by atoms with Gasteiger partial charge in [0.25, 0.3) is 0 Å². The van der Waals surface area contributed by atoms with Crippen molar-refractivity contribution < 1.29 is 14.1 Å². The number of ether oxygens (including phenoxy) is 1. The maximum Gasteiger partial charge on any atom is 0.225 e. The van der Waals surface area contributed by atoms with Gasteiger partial charge in [0.15, 0.2) is 0 Å². The van der Waals surface area contributed by atoms with E-state index in [1.807, 2.05) is 18.2 Å². The molecule has 0 unspecified atom stereocenters. The monoisotopic (exact) mass is 386 g/mol. The van der Waals surface area contributed by atoms with Crippen LogP contribution in [0, 0.1) is 0 Å². The first-order valence-corrected chi connectivity index (χ1v) is 9.62. The van der Waals surface area contributed by atoms with Gasteiger partial charge in [-0.15, -0.1) is 0 Å². The molecule has 29 heavy (non-hydrogen) atoms. The third kappa shape index (κ3) is 3.41. The molecule has 0 spiro atoms. The van der Waals surface area contributed by atoms with Crippen molar-refractivity contribution in [1.82, 2.24) is 0 Å². The van der Waals surface area contributed by atoms with Crippen molar-refractivity contribution in [3.63, 3.8) is 0 Å². The minimum absolute atomic E-state index is 0.124. The SMILES string of the molecule is COc1cc(-c2c3ccccc3[n+](C)c3ccccc23)ccc1NC(=O)CCN. The molecule has 146 valence electrons. The summed E-state index contributed by atoms with van der Waals surface area (Å²) < 4.78 is 7.80. The Hall–Kier alpha value is -3.44. The number of nitrogens with one attached hydrogen (secondary N) is 1. The molecule has 0 bridgehead atoms. The van der Waals surface area contributed by atoms with E-state index in [-0.39, 0.29) is 12.3 Å². The fourth-order valence-corrected chi connectivity index (χ4v) is 3.83. The fraction of sp³-hybridized carbons (Fsp3) is 0.167. The van der Waals surface area contributed by atoms with E-state index in [0.29, 0.717) is 18.0 Å². The molecule has 0 saturated carbocycles. The number of rotatable bonds is 5. The van der Waals surface area contributed by atoms with Crippen LogP contribution < -0.4 is 20.4 Å². The number of methoxy groups -OCH3 is 1. The molecule has 0 atom stereocenters. The molecule has 1 aromatic heterocycles. The van der Waals surface area contributed by atoms with E-state index >= 15 is 0 Å². The summed E-state index contributed by atoms with van der Waals surface area (Å²) in [4.78, 5) is 12.0. The lowest BCUT2D eigenvalue weighted by Gasteiger charge is -2.14. The van der Waals surface area contributed by atoms with Crippen molar-refractivity contribution in [3.8, 4) is 16.9 Å². The molecule has 0 aliphatic heterocycles. The zero-order chi connectivity index (χ0) is 20.4. The number of fused-ring (bicyclic) bond motifs is 2. The average molecular weight is 386 g/mol. The van der Waals surface area contributed by atoms with Crippen molar-refractivity contribution in [2.45, 2.75) is 6.42 Å². The average Bonchev–Trinajstić information content (AvgIpc) is 2.75. The van der Waals surface area contributed by atoms with Gasteiger partial charge in [-0.2, -0.15) is 4.57 Å². The van der Waals surface area contributed by atoms with Gasteiger partial charge in [-0.3, -0.25) is 4.79 Å². The number of carbonyl (C=O) groups excluding carboxylic acids is 1. The van der Waals surface area contributed by atoms with E-state index in [1.165, 1.54) is 0 Å². The fourth-order valence-electron chi connectivity index (χ4n) is 3.83. The van der Waals surface area contributed by atoms with Crippen LogP contribution in [0.4, 0.5) is 5.69 Å². The first-order chi connectivity index (χ1) is 14.1. The van der Waals surface area contributed by atoms with Gasteiger partial charge in [-0.05, 0) is 29.8 Å². The van der Waals surface area contributed by atoms with E-state index in [0.717, 1.165) is 32.9 Å². The molecule has 0 aliphatic carbocycles. The number of hydrogen-bond donors (Lipinski definition) is 2. The van der Waals surface area contributed by atoms with Gasteiger partial charge in [0.1, 0.15) is 12.8 Å². The Bertz CT molecular complexity index is 1160. The summed E-state index contributed by atoms with van der Waals surface area (Å²) in [6.07, 6.45) is 0.273. The Kier molecular flexibility index (Phi) is 5.14. The van der Waals surface area contributed by atoms with Crippen molar-refractivity contribution in [3.05, 3.63) is 66.7 Å². The molecule has 4 rings (SSSR count). The second kappa shape index (κ2) is 7.89. The second-order valence-corrected chi connectivity index (χ2v) is 6.97. The van der Waals surface area contributed by atoms with E-state index < -0.39 is 0 Å². The number of nitrogens with two attached hydrogens (primary N) is 1. The van der Waals surface area contributed by atoms with Crippen molar-refractivity contribution in [2.24, 2.45) is 12.8 Å². The smallest absolute Gasteiger partial charge is 0.225 e. The molecule has 5 heteroatoms. The van der Waals surface area contributed by atoms with Crippen LogP contribution in [0.15, 0.2) is 66.7 Å². The second-order valence-electron chi connectivity index (χ2n) is 6.97. The lowest BCUT2D eigenvalue weighted by molar-refractivity contribution is -0.617. The molecule has 0 radical (unpaired) electrons. The first-order valence-electron chi connectivity index (χ1n) is 9.62. The number of pyridine rings is 1. The number of aryl methyl sites for hydroxylation is 1. The Labute approximate surface area is 169 Å². The summed E-state index contributed by atoms with van der Waals surface area (Å²) in [7, 11) is 3.70. The highest BCUT2D eigenvalue weighted by atomic mass is 16.5. The number of aromatic nitrogens is 1. The van der Waals surface area contributed by atoms with Crippen LogP contribution in [-0.2, 0) is 11.8 Å². The summed E-state index contributed by atoms with van der Waals surface area (Å²) in [5.74, 6) is 0.496. The molecule has 5 nitrogen and oxygen atoms in total. The normalized spacial score (nSPS) is 11.0. The molecule has 0 saturated heterocycles. The molecule has 1 heterocycles. The molecule has 3 aromatic carbocycles. The van der Waals surface area contributed by atoms with Gasteiger partial charge in [-0.25, -0.2) is 0 Å². The van der Waals surface area contributed by atoms with E-state index in [2.05, 4.69) is 65.5 Å². The maximum absolute atomic E-state index is 12.0. The largest absolute Gasteiger partial charge is 0.495 e. The van der Waals surface area contributed by atoms with Gasteiger partial charge in [0.05, 0.1) is 23.6 Å². The highest BCUT2D eigenvalue weighted by Gasteiger charge is 2.19. The highest BCUT2D eigenvalue weighted by molar-refractivity contribution is 6.07. The molecular formula is C24H24N3O2+. The van der Waals surface area contributed by atoms with Gasteiger partial charge >= 0.3 is 0 Å². The van der Waals surface area contributed by atoms with E-state index in [4.69, 9.17) is 10.5 Å². The van der Waals surface area contributed by atoms with Crippen LogP contribution >= 0.6 is 0 Å². The van der Waals surface area contributed by atoms with E-state index in [9.17, 15) is 4.79 Å². The summed E-state index contributed by atoms with van der Waals surface area (Å²) in [6, 6.07) is 22.6. The lowest BCUT2D eigenvalue weighted by atomic mass is 9.95. The number of benzene rings is 3. The van der Waals surface area contributed by atoms with Crippen LogP contribution in [0.2, 0.25) is 0 Å².